The zero-order chi connectivity index (χ0) is 43.6. The molecule has 1 saturated heterocycles. The monoisotopic (exact) mass is 862 g/mol. The Morgan fingerprint density at radius 1 is 0.600 bits per heavy atom. The second-order valence-electron chi connectivity index (χ2n) is 15.6. The first-order chi connectivity index (χ1) is 29.3. The van der Waals surface area contributed by atoms with Gasteiger partial charge in [0.2, 0.25) is 0 Å². The van der Waals surface area contributed by atoms with Crippen LogP contribution >= 0.6 is 7.82 Å². The fourth-order valence-corrected chi connectivity index (χ4v) is 7.17. The first-order valence-corrected chi connectivity index (χ1v) is 25.0. The highest BCUT2D eigenvalue weighted by atomic mass is 31.2. The fourth-order valence-electron chi connectivity index (χ4n) is 6.40. The Morgan fingerprint density at radius 2 is 1.10 bits per heavy atom. The number of carbonyl (C=O) groups is 2. The molecule has 1 heterocycles. The van der Waals surface area contributed by atoms with E-state index in [-0.39, 0.29) is 32.6 Å². The van der Waals surface area contributed by atoms with Gasteiger partial charge < -0.3 is 24.8 Å². The maximum Gasteiger partial charge on any atom is 0.472 e. The van der Waals surface area contributed by atoms with Gasteiger partial charge in [-0.3, -0.25) is 18.6 Å². The topological polar surface area (TPSA) is 147 Å². The van der Waals surface area contributed by atoms with E-state index in [1.165, 1.54) is 83.5 Å². The highest BCUT2D eigenvalue weighted by Gasteiger charge is 2.36. The number of phosphoric acid groups is 1. The number of hydrogen-bond acceptors (Lipinski definition) is 9. The van der Waals surface area contributed by atoms with Gasteiger partial charge in [0.25, 0.3) is 0 Å². The van der Waals surface area contributed by atoms with Crippen molar-refractivity contribution < 1.29 is 42.3 Å². The van der Waals surface area contributed by atoms with Gasteiger partial charge in [0.05, 0.1) is 25.4 Å². The molecule has 0 aromatic carbocycles. The summed E-state index contributed by atoms with van der Waals surface area (Å²) < 4.78 is 38.4. The van der Waals surface area contributed by atoms with Gasteiger partial charge in [-0.15, -0.1) is 0 Å². The average molecular weight is 862 g/mol. The summed E-state index contributed by atoms with van der Waals surface area (Å²) in [6.07, 6.45) is 52.7. The van der Waals surface area contributed by atoms with Gasteiger partial charge in [0.15, 0.2) is 6.10 Å². The molecule has 4 atom stereocenters. The molecule has 0 bridgehead atoms. The minimum Gasteiger partial charge on any atom is -0.462 e. The third-order valence-electron chi connectivity index (χ3n) is 9.99. The number of ether oxygens (including phenoxy) is 3. The SMILES string of the molecule is CC/C=C\CC1OC1C/C=C\C/C=C\C/C=C\C/C=C\CCC(=O)OC[C@H](COP(=O)(O)OCCN)OC(=O)CCCCCCCCCCC/C=C\CCCCCCCC. The summed E-state index contributed by atoms with van der Waals surface area (Å²) in [6.45, 7) is 3.52. The van der Waals surface area contributed by atoms with E-state index in [1.807, 2.05) is 12.2 Å². The van der Waals surface area contributed by atoms with Crippen molar-refractivity contribution in [3.63, 3.8) is 0 Å². The summed E-state index contributed by atoms with van der Waals surface area (Å²) in [5.74, 6) is -0.936. The van der Waals surface area contributed by atoms with Gasteiger partial charge in [0.1, 0.15) is 6.61 Å². The van der Waals surface area contributed by atoms with Crippen LogP contribution in [0.15, 0.2) is 72.9 Å². The number of esters is 2. The van der Waals surface area contributed by atoms with Crippen LogP contribution < -0.4 is 5.73 Å². The Balaban J connectivity index is 2.19. The zero-order valence-electron chi connectivity index (χ0n) is 37.6. The molecule has 0 aliphatic carbocycles. The first kappa shape index (κ1) is 55.4. The van der Waals surface area contributed by atoms with Crippen molar-refractivity contribution in [2.75, 3.05) is 26.4 Å². The number of carbonyl (C=O) groups excluding carboxylic acids is 2. The normalized spacial score (nSPS) is 17.3. The Bertz CT molecular complexity index is 1280. The Hall–Kier alpha value is -2.59. The lowest BCUT2D eigenvalue weighted by Gasteiger charge is -2.19. The van der Waals surface area contributed by atoms with Crippen molar-refractivity contribution in [1.82, 2.24) is 0 Å². The number of nitrogens with two attached hydrogens (primary N) is 1. The zero-order valence-corrected chi connectivity index (χ0v) is 38.5. The number of unbranched alkanes of at least 4 members (excludes halogenated alkanes) is 15. The highest BCUT2D eigenvalue weighted by molar-refractivity contribution is 7.47. The Labute approximate surface area is 365 Å². The van der Waals surface area contributed by atoms with Crippen LogP contribution in [0.5, 0.6) is 0 Å². The summed E-state index contributed by atoms with van der Waals surface area (Å²) in [6, 6.07) is 0. The quantitative estimate of drug-likeness (QED) is 0.0200. The summed E-state index contributed by atoms with van der Waals surface area (Å²) in [5, 5.41) is 0. The summed E-state index contributed by atoms with van der Waals surface area (Å²) in [7, 11) is -4.40. The van der Waals surface area contributed by atoms with E-state index >= 15 is 0 Å². The molecule has 1 rings (SSSR count). The van der Waals surface area contributed by atoms with Crippen LogP contribution in [0.1, 0.15) is 181 Å². The van der Waals surface area contributed by atoms with E-state index in [1.54, 1.807) is 0 Å². The molecule has 0 radical (unpaired) electrons. The molecule has 3 N–H and O–H groups in total. The molecule has 60 heavy (non-hydrogen) atoms. The van der Waals surface area contributed by atoms with E-state index in [9.17, 15) is 19.0 Å². The van der Waals surface area contributed by atoms with Crippen molar-refractivity contribution in [2.24, 2.45) is 5.73 Å². The van der Waals surface area contributed by atoms with E-state index in [0.717, 1.165) is 57.8 Å². The number of epoxide rings is 1. The van der Waals surface area contributed by atoms with Crippen LogP contribution in [0, 0.1) is 0 Å². The summed E-state index contributed by atoms with van der Waals surface area (Å²) >= 11 is 0. The molecule has 1 fully saturated rings. The summed E-state index contributed by atoms with van der Waals surface area (Å²) in [5.41, 5.74) is 5.35. The van der Waals surface area contributed by atoms with Crippen molar-refractivity contribution in [2.45, 2.75) is 199 Å². The number of phosphoric ester groups is 1. The number of hydrogen-bond donors (Lipinski definition) is 2. The maximum atomic E-state index is 12.6. The lowest BCUT2D eigenvalue weighted by atomic mass is 10.1. The predicted molar refractivity (Wildman–Crippen MR) is 247 cm³/mol. The fraction of sp³-hybridized carbons (Fsp3) is 0.714. The van der Waals surface area contributed by atoms with Crippen molar-refractivity contribution in [3.05, 3.63) is 72.9 Å². The second-order valence-corrected chi connectivity index (χ2v) is 17.1. The van der Waals surface area contributed by atoms with Crippen molar-refractivity contribution in [3.8, 4) is 0 Å². The van der Waals surface area contributed by atoms with Crippen LogP contribution in [0.3, 0.4) is 0 Å². The van der Waals surface area contributed by atoms with Crippen molar-refractivity contribution >= 4 is 19.8 Å². The molecule has 0 amide bonds. The molecule has 11 heteroatoms. The molecule has 0 aromatic rings. The van der Waals surface area contributed by atoms with Crippen LogP contribution in [0.25, 0.3) is 0 Å². The lowest BCUT2D eigenvalue weighted by molar-refractivity contribution is -0.161. The Morgan fingerprint density at radius 3 is 1.67 bits per heavy atom. The van der Waals surface area contributed by atoms with Gasteiger partial charge in [-0.1, -0.05) is 164 Å². The van der Waals surface area contributed by atoms with E-state index in [0.29, 0.717) is 25.0 Å². The minimum atomic E-state index is -4.40. The van der Waals surface area contributed by atoms with Gasteiger partial charge in [-0.25, -0.2) is 4.57 Å². The molecule has 0 spiro atoms. The minimum absolute atomic E-state index is 0.0387. The standard InChI is InChI=1S/C49H84NO9P/c1-3-5-7-8-9-10-11-12-13-14-15-16-17-18-23-26-29-32-36-40-49(52)58-45(44-57-60(53,54)56-42-41-50)43-55-48(51)39-35-31-28-25-22-20-19-21-24-27-30-34-38-47-46(59-47)37-33-6-4-2/h6,12-13,20-22,24,28,30-31,33-34,45-47H,3-5,7-11,14-19,23,25-27,29,32,35-44,50H2,1-2H3,(H,53,54)/b13-12-,22-20-,24-21-,31-28-,33-6-,34-30-/t45-,46?,47?/m1/s1. The smallest absolute Gasteiger partial charge is 0.462 e. The van der Waals surface area contributed by atoms with E-state index in [4.69, 9.17) is 29.0 Å². The largest absolute Gasteiger partial charge is 0.472 e. The van der Waals surface area contributed by atoms with Crippen LogP contribution in [0.4, 0.5) is 0 Å². The van der Waals surface area contributed by atoms with Crippen LogP contribution in [-0.2, 0) is 37.4 Å². The molecule has 1 aliphatic heterocycles. The molecule has 344 valence electrons. The third kappa shape index (κ3) is 37.2. The van der Waals surface area contributed by atoms with Gasteiger partial charge in [0, 0.05) is 19.4 Å². The van der Waals surface area contributed by atoms with Crippen LogP contribution in [-0.4, -0.2) is 61.5 Å². The third-order valence-corrected chi connectivity index (χ3v) is 11.0. The molecule has 3 unspecified atom stereocenters. The second kappa shape index (κ2) is 40.5. The van der Waals surface area contributed by atoms with Crippen LogP contribution in [0.2, 0.25) is 0 Å². The molecule has 0 saturated carbocycles. The van der Waals surface area contributed by atoms with Gasteiger partial charge in [-0.2, -0.15) is 0 Å². The lowest BCUT2D eigenvalue weighted by Crippen LogP contribution is -2.29. The van der Waals surface area contributed by atoms with E-state index < -0.39 is 32.5 Å². The highest BCUT2D eigenvalue weighted by Crippen LogP contribution is 2.43. The number of rotatable bonds is 42. The molecule has 0 aromatic heterocycles. The van der Waals surface area contributed by atoms with Crippen molar-refractivity contribution in [1.29, 1.82) is 0 Å². The molecule has 1 aliphatic rings. The maximum absolute atomic E-state index is 12.6. The number of allylic oxidation sites excluding steroid dienone is 10. The molecular weight excluding hydrogens is 778 g/mol. The van der Waals surface area contributed by atoms with Gasteiger partial charge in [-0.05, 0) is 77.0 Å². The van der Waals surface area contributed by atoms with E-state index in [2.05, 4.69) is 74.6 Å². The first-order valence-electron chi connectivity index (χ1n) is 23.5. The van der Waals surface area contributed by atoms with Gasteiger partial charge >= 0.3 is 19.8 Å². The predicted octanol–water partition coefficient (Wildman–Crippen LogP) is 12.8. The average Bonchev–Trinajstić information content (AvgIpc) is 3.99. The summed E-state index contributed by atoms with van der Waals surface area (Å²) in [4.78, 5) is 34.9. The molecular formula is C49H84NO9P. The Kier molecular flexibility index (Phi) is 37.4. The molecule has 10 nitrogen and oxygen atoms in total.